The molecule has 0 bridgehead atoms. The van der Waals surface area contributed by atoms with Crippen LogP contribution >= 0.6 is 7.75 Å². The number of allylic oxidation sites excluding steroid dienone is 1. The molecule has 1 atom stereocenters. The molecule has 144 valence electrons. The highest BCUT2D eigenvalue weighted by Gasteiger charge is 2.50. The molecule has 1 aliphatic carbocycles. The van der Waals surface area contributed by atoms with Crippen LogP contribution < -0.4 is 5.32 Å². The molecular formula is C16H29N2O6P. The van der Waals surface area contributed by atoms with Crippen LogP contribution in [-0.2, 0) is 14.2 Å². The van der Waals surface area contributed by atoms with E-state index in [4.69, 9.17) is 9.79 Å². The molecule has 8 nitrogen and oxygen atoms in total. The summed E-state index contributed by atoms with van der Waals surface area (Å²) < 4.78 is 12.3. The minimum absolute atomic E-state index is 0.0578. The zero-order valence-corrected chi connectivity index (χ0v) is 16.0. The van der Waals surface area contributed by atoms with E-state index in [1.165, 1.54) is 6.08 Å². The molecule has 1 saturated carbocycles. The van der Waals surface area contributed by atoms with Crippen molar-refractivity contribution in [2.75, 3.05) is 13.1 Å². The Kier molecular flexibility index (Phi) is 7.81. The molecule has 4 N–H and O–H groups in total. The van der Waals surface area contributed by atoms with Crippen molar-refractivity contribution in [1.82, 2.24) is 9.99 Å². The van der Waals surface area contributed by atoms with Gasteiger partial charge < -0.3 is 20.2 Å². The minimum Gasteiger partial charge on any atom is -0.477 e. The van der Waals surface area contributed by atoms with Gasteiger partial charge in [-0.3, -0.25) is 4.79 Å². The van der Waals surface area contributed by atoms with Crippen LogP contribution in [0.5, 0.6) is 0 Å². The van der Waals surface area contributed by atoms with Crippen molar-refractivity contribution in [1.29, 1.82) is 0 Å². The second-order valence-corrected chi connectivity index (χ2v) is 8.66. The van der Waals surface area contributed by atoms with E-state index in [1.54, 1.807) is 6.92 Å². The number of aliphatic carboxylic acids is 1. The number of carboxylic acid groups (broad SMARTS) is 1. The summed E-state index contributed by atoms with van der Waals surface area (Å²) in [5, 5.41) is 11.7. The molecule has 9 heteroatoms. The van der Waals surface area contributed by atoms with Gasteiger partial charge in [-0.15, -0.1) is 0 Å². The van der Waals surface area contributed by atoms with Crippen LogP contribution in [0, 0.1) is 11.3 Å². The Balaban J connectivity index is 2.35. The van der Waals surface area contributed by atoms with Crippen LogP contribution in [-0.4, -0.2) is 44.5 Å². The fraction of sp³-hybridized carbons (Fsp3) is 0.750. The second-order valence-electron chi connectivity index (χ2n) is 7.07. The lowest BCUT2D eigenvalue weighted by atomic mass is 10.1. The number of hydrogen-bond acceptors (Lipinski definition) is 3. The molecule has 0 aromatic heterocycles. The molecule has 1 aliphatic rings. The van der Waals surface area contributed by atoms with Crippen molar-refractivity contribution in [2.45, 2.75) is 52.9 Å². The van der Waals surface area contributed by atoms with Gasteiger partial charge in [-0.2, -0.15) is 0 Å². The molecule has 1 fully saturated rings. The van der Waals surface area contributed by atoms with Gasteiger partial charge in [0, 0.05) is 19.0 Å². The zero-order valence-electron chi connectivity index (χ0n) is 15.1. The average Bonchev–Trinajstić information content (AvgIpc) is 3.12. The summed E-state index contributed by atoms with van der Waals surface area (Å²) in [5.74, 6) is -1.55. The quantitative estimate of drug-likeness (QED) is 0.247. The van der Waals surface area contributed by atoms with Crippen LogP contribution in [0.15, 0.2) is 11.8 Å². The SMILES string of the molecule is CCN(CCCCC/C=C(\NC(=O)C1CC1(C)C)C(=O)O)P(=O)(O)O. The van der Waals surface area contributed by atoms with E-state index in [-0.39, 0.29) is 29.5 Å². The van der Waals surface area contributed by atoms with E-state index >= 15 is 0 Å². The summed E-state index contributed by atoms with van der Waals surface area (Å²) in [6.07, 6.45) is 4.75. The first kappa shape index (κ1) is 21.8. The lowest BCUT2D eigenvalue weighted by Crippen LogP contribution is -2.29. The highest BCUT2D eigenvalue weighted by Crippen LogP contribution is 2.51. The van der Waals surface area contributed by atoms with Crippen LogP contribution in [0.25, 0.3) is 0 Å². The molecule has 0 spiro atoms. The number of hydrogen-bond donors (Lipinski definition) is 4. The third-order valence-electron chi connectivity index (χ3n) is 4.52. The summed E-state index contributed by atoms with van der Waals surface area (Å²) in [5.41, 5.74) is -0.157. The maximum atomic E-state index is 12.0. The van der Waals surface area contributed by atoms with Gasteiger partial charge in [-0.25, -0.2) is 14.0 Å². The van der Waals surface area contributed by atoms with Gasteiger partial charge in [-0.05, 0) is 31.1 Å². The van der Waals surface area contributed by atoms with Gasteiger partial charge in [0.2, 0.25) is 5.91 Å². The third kappa shape index (κ3) is 7.28. The van der Waals surface area contributed by atoms with E-state index in [0.29, 0.717) is 32.2 Å². The Morgan fingerprint density at radius 1 is 1.28 bits per heavy atom. The van der Waals surface area contributed by atoms with Gasteiger partial charge in [0.15, 0.2) is 0 Å². The highest BCUT2D eigenvalue weighted by molar-refractivity contribution is 7.49. The van der Waals surface area contributed by atoms with Gasteiger partial charge in [-0.1, -0.05) is 33.3 Å². The summed E-state index contributed by atoms with van der Waals surface area (Å²) in [4.78, 5) is 41.4. The Morgan fingerprint density at radius 3 is 2.32 bits per heavy atom. The van der Waals surface area contributed by atoms with Crippen molar-refractivity contribution in [3.05, 3.63) is 11.8 Å². The molecule has 1 rings (SSSR count). The number of unbranched alkanes of at least 4 members (excludes halogenated alkanes) is 3. The molecule has 0 aromatic carbocycles. The second kappa shape index (κ2) is 8.94. The summed E-state index contributed by atoms with van der Waals surface area (Å²) in [7, 11) is -4.19. The van der Waals surface area contributed by atoms with E-state index in [0.717, 1.165) is 11.1 Å². The van der Waals surface area contributed by atoms with Crippen LogP contribution in [0.2, 0.25) is 0 Å². The monoisotopic (exact) mass is 376 g/mol. The molecule has 0 heterocycles. The smallest absolute Gasteiger partial charge is 0.402 e. The molecular weight excluding hydrogens is 347 g/mol. The number of carbonyl (C=O) groups is 2. The Hall–Kier alpha value is -1.21. The van der Waals surface area contributed by atoms with Gasteiger partial charge in [0.05, 0.1) is 0 Å². The maximum Gasteiger partial charge on any atom is 0.402 e. The number of carboxylic acids is 1. The van der Waals surface area contributed by atoms with Crippen molar-refractivity contribution in [3.8, 4) is 0 Å². The Labute approximate surface area is 148 Å². The molecule has 1 unspecified atom stereocenters. The summed E-state index contributed by atoms with van der Waals surface area (Å²) in [6, 6.07) is 0. The van der Waals surface area contributed by atoms with E-state index in [1.807, 2.05) is 13.8 Å². The van der Waals surface area contributed by atoms with Crippen LogP contribution in [0.1, 0.15) is 52.9 Å². The van der Waals surface area contributed by atoms with Gasteiger partial charge >= 0.3 is 13.7 Å². The Morgan fingerprint density at radius 2 is 1.88 bits per heavy atom. The van der Waals surface area contributed by atoms with Crippen molar-refractivity contribution in [3.63, 3.8) is 0 Å². The van der Waals surface area contributed by atoms with Crippen molar-refractivity contribution in [2.24, 2.45) is 11.3 Å². The molecule has 0 saturated heterocycles. The fourth-order valence-electron chi connectivity index (χ4n) is 2.66. The Bertz CT molecular complexity index is 569. The number of amides is 1. The lowest BCUT2D eigenvalue weighted by Gasteiger charge is -2.20. The number of rotatable bonds is 11. The van der Waals surface area contributed by atoms with Gasteiger partial charge in [0.25, 0.3) is 0 Å². The average molecular weight is 376 g/mol. The van der Waals surface area contributed by atoms with Crippen LogP contribution in [0.4, 0.5) is 0 Å². The van der Waals surface area contributed by atoms with E-state index in [9.17, 15) is 19.3 Å². The molecule has 0 aromatic rings. The van der Waals surface area contributed by atoms with E-state index < -0.39 is 13.7 Å². The molecule has 1 amide bonds. The first-order valence-corrected chi connectivity index (χ1v) is 10.1. The topological polar surface area (TPSA) is 127 Å². The molecule has 0 radical (unpaired) electrons. The number of carbonyl (C=O) groups excluding carboxylic acids is 1. The summed E-state index contributed by atoms with van der Waals surface area (Å²) >= 11 is 0. The predicted octanol–water partition coefficient (Wildman–Crippen LogP) is 2.09. The highest BCUT2D eigenvalue weighted by atomic mass is 31.2. The predicted molar refractivity (Wildman–Crippen MR) is 93.5 cm³/mol. The maximum absolute atomic E-state index is 12.0. The van der Waals surface area contributed by atoms with Crippen molar-refractivity contribution < 1.29 is 29.0 Å². The van der Waals surface area contributed by atoms with Crippen LogP contribution in [0.3, 0.4) is 0 Å². The molecule has 0 aliphatic heterocycles. The molecule has 25 heavy (non-hydrogen) atoms. The summed E-state index contributed by atoms with van der Waals surface area (Å²) in [6.45, 7) is 6.20. The van der Waals surface area contributed by atoms with Gasteiger partial charge in [0.1, 0.15) is 5.70 Å². The first-order valence-electron chi connectivity index (χ1n) is 8.54. The normalized spacial score (nSPS) is 19.8. The van der Waals surface area contributed by atoms with Crippen molar-refractivity contribution >= 4 is 19.6 Å². The standard InChI is InChI=1S/C16H29N2O6P/c1-4-18(25(22,23)24)10-8-6-5-7-9-13(15(20)21)17-14(19)12-11-16(12,2)3/h9,12H,4-8,10-11H2,1-3H3,(H,17,19)(H,20,21)(H2,22,23,24)/b13-9-. The van der Waals surface area contributed by atoms with E-state index in [2.05, 4.69) is 5.32 Å². The zero-order chi connectivity index (χ0) is 19.3. The first-order chi connectivity index (χ1) is 11.5. The number of nitrogens with zero attached hydrogens (tertiary/aromatic N) is 1. The fourth-order valence-corrected chi connectivity index (χ4v) is 3.43. The largest absolute Gasteiger partial charge is 0.477 e. The minimum atomic E-state index is -4.19. The third-order valence-corrected chi connectivity index (χ3v) is 5.74. The lowest BCUT2D eigenvalue weighted by molar-refractivity contribution is -0.135. The number of nitrogens with one attached hydrogen (secondary N) is 1.